The topological polar surface area (TPSA) is 62.5 Å². The molecular formula is C23H23ClN2O3S. The van der Waals surface area contributed by atoms with Crippen LogP contribution >= 0.6 is 22.9 Å². The maximum Gasteiger partial charge on any atom is 0.346 e. The molecule has 0 saturated heterocycles. The molecule has 0 spiro atoms. The molecule has 1 saturated carbocycles. The smallest absolute Gasteiger partial charge is 0.346 e. The molecule has 0 radical (unpaired) electrons. The monoisotopic (exact) mass is 442 g/mol. The molecule has 0 atom stereocenters. The Hall–Kier alpha value is -2.31. The number of aromatic nitrogens is 1. The largest absolute Gasteiger partial charge is 0.477 e. The van der Waals surface area contributed by atoms with Gasteiger partial charge in [0, 0.05) is 24.2 Å². The van der Waals surface area contributed by atoms with Crippen LogP contribution in [0.2, 0.25) is 5.02 Å². The number of aromatic carboxylic acids is 1. The average Bonchev–Trinajstić information content (AvgIpc) is 3.20. The zero-order chi connectivity index (χ0) is 21.0. The molecular weight excluding hydrogens is 420 g/mol. The second-order valence-electron chi connectivity index (χ2n) is 8.33. The van der Waals surface area contributed by atoms with Crippen LogP contribution in [0.5, 0.6) is 0 Å². The first-order valence-electron chi connectivity index (χ1n) is 10.4. The van der Waals surface area contributed by atoms with Gasteiger partial charge in [-0.25, -0.2) is 4.79 Å². The van der Waals surface area contributed by atoms with Gasteiger partial charge in [-0.2, -0.15) is 0 Å². The summed E-state index contributed by atoms with van der Waals surface area (Å²) in [6.07, 6.45) is 5.81. The Labute approximate surface area is 183 Å². The van der Waals surface area contributed by atoms with E-state index >= 15 is 0 Å². The van der Waals surface area contributed by atoms with E-state index in [-0.39, 0.29) is 12.5 Å². The van der Waals surface area contributed by atoms with Gasteiger partial charge in [0.1, 0.15) is 11.4 Å². The minimum Gasteiger partial charge on any atom is -0.477 e. The Kier molecular flexibility index (Phi) is 4.86. The number of carboxylic acids is 1. The minimum absolute atomic E-state index is 0.00477. The first kappa shape index (κ1) is 19.6. The maximum atomic E-state index is 12.9. The zero-order valence-electron chi connectivity index (χ0n) is 16.8. The van der Waals surface area contributed by atoms with Gasteiger partial charge in [0.05, 0.1) is 15.9 Å². The Morgan fingerprint density at radius 1 is 1.13 bits per heavy atom. The average molecular weight is 443 g/mol. The predicted octanol–water partition coefficient (Wildman–Crippen LogP) is 5.74. The molecule has 1 N–H and O–H groups in total. The number of hydrogen-bond acceptors (Lipinski definition) is 3. The third-order valence-corrected chi connectivity index (χ3v) is 7.95. The van der Waals surface area contributed by atoms with E-state index in [1.54, 1.807) is 11.9 Å². The van der Waals surface area contributed by atoms with Gasteiger partial charge in [0.25, 0.3) is 0 Å². The molecule has 5 rings (SSSR count). The second kappa shape index (κ2) is 7.43. The fraction of sp³-hybridized carbons (Fsp3) is 0.391. The van der Waals surface area contributed by atoms with Gasteiger partial charge in [-0.05, 0) is 42.0 Å². The van der Waals surface area contributed by atoms with E-state index < -0.39 is 5.97 Å². The lowest BCUT2D eigenvalue weighted by Gasteiger charge is -2.23. The van der Waals surface area contributed by atoms with Crippen molar-refractivity contribution in [1.29, 1.82) is 0 Å². The summed E-state index contributed by atoms with van der Waals surface area (Å²) < 4.78 is 3.12. The summed E-state index contributed by atoms with van der Waals surface area (Å²) in [6.45, 7) is 0.551. The van der Waals surface area contributed by atoms with Crippen molar-refractivity contribution in [1.82, 2.24) is 9.47 Å². The van der Waals surface area contributed by atoms with Crippen molar-refractivity contribution in [2.24, 2.45) is 0 Å². The number of likely N-dealkylation sites (N-methyl/N-ethyl adjacent to an activating group) is 1. The number of carbonyl (C=O) groups is 2. The summed E-state index contributed by atoms with van der Waals surface area (Å²) in [4.78, 5) is 26.9. The van der Waals surface area contributed by atoms with Crippen LogP contribution in [-0.4, -0.2) is 33.5 Å². The van der Waals surface area contributed by atoms with E-state index in [2.05, 4.69) is 4.57 Å². The molecule has 5 nitrogen and oxygen atoms in total. The van der Waals surface area contributed by atoms with Gasteiger partial charge in [-0.3, -0.25) is 4.79 Å². The van der Waals surface area contributed by atoms with Crippen LogP contribution in [0.25, 0.3) is 21.5 Å². The van der Waals surface area contributed by atoms with Crippen molar-refractivity contribution in [3.63, 3.8) is 0 Å². The number of thiophene rings is 1. The van der Waals surface area contributed by atoms with Gasteiger partial charge in [-0.15, -0.1) is 11.3 Å². The predicted molar refractivity (Wildman–Crippen MR) is 120 cm³/mol. The van der Waals surface area contributed by atoms with Crippen LogP contribution in [0.3, 0.4) is 0 Å². The molecule has 2 aromatic heterocycles. The molecule has 3 aromatic rings. The fourth-order valence-corrected chi connectivity index (χ4v) is 6.44. The quantitative estimate of drug-likeness (QED) is 0.562. The molecule has 1 aromatic carbocycles. The number of hydrogen-bond donors (Lipinski definition) is 1. The lowest BCUT2D eigenvalue weighted by atomic mass is 9.83. The second-order valence-corrected chi connectivity index (χ2v) is 9.79. The molecule has 1 amide bonds. The van der Waals surface area contributed by atoms with Crippen molar-refractivity contribution < 1.29 is 14.7 Å². The lowest BCUT2D eigenvalue weighted by molar-refractivity contribution is -0.130. The summed E-state index contributed by atoms with van der Waals surface area (Å²) in [5.74, 6) is -0.536. The molecule has 7 heteroatoms. The van der Waals surface area contributed by atoms with Crippen molar-refractivity contribution in [3.8, 4) is 11.3 Å². The van der Waals surface area contributed by atoms with Gasteiger partial charge in [-0.1, -0.05) is 43.0 Å². The Morgan fingerprint density at radius 3 is 2.50 bits per heavy atom. The fourth-order valence-electron chi connectivity index (χ4n) is 5.04. The van der Waals surface area contributed by atoms with Crippen LogP contribution in [-0.2, 0) is 17.9 Å². The van der Waals surface area contributed by atoms with Crippen molar-refractivity contribution in [2.75, 3.05) is 7.05 Å². The molecule has 1 aliphatic carbocycles. The van der Waals surface area contributed by atoms with Crippen LogP contribution in [0.4, 0.5) is 0 Å². The molecule has 30 heavy (non-hydrogen) atoms. The van der Waals surface area contributed by atoms with Crippen LogP contribution < -0.4 is 0 Å². The third kappa shape index (κ3) is 3.05. The van der Waals surface area contributed by atoms with Gasteiger partial charge in [0.15, 0.2) is 0 Å². The number of rotatable bonds is 3. The van der Waals surface area contributed by atoms with Crippen molar-refractivity contribution >= 4 is 45.0 Å². The number of halogens is 1. The van der Waals surface area contributed by atoms with E-state index in [0.29, 0.717) is 22.4 Å². The molecule has 0 unspecified atom stereocenters. The normalized spacial score (nSPS) is 17.5. The van der Waals surface area contributed by atoms with Crippen LogP contribution in [0.1, 0.15) is 58.8 Å². The summed E-state index contributed by atoms with van der Waals surface area (Å²) in [7, 11) is 1.74. The van der Waals surface area contributed by atoms with E-state index in [0.717, 1.165) is 39.9 Å². The highest BCUT2D eigenvalue weighted by Gasteiger charge is 2.34. The van der Waals surface area contributed by atoms with E-state index in [4.69, 9.17) is 11.6 Å². The molecule has 156 valence electrons. The number of nitrogens with zero attached hydrogens (tertiary/aromatic N) is 2. The number of benzene rings is 1. The van der Waals surface area contributed by atoms with Gasteiger partial charge < -0.3 is 14.6 Å². The van der Waals surface area contributed by atoms with Crippen molar-refractivity contribution in [3.05, 3.63) is 45.3 Å². The summed E-state index contributed by atoms with van der Waals surface area (Å²) in [5.41, 5.74) is 5.00. The van der Waals surface area contributed by atoms with Gasteiger partial charge >= 0.3 is 5.97 Å². The zero-order valence-corrected chi connectivity index (χ0v) is 18.4. The summed E-state index contributed by atoms with van der Waals surface area (Å²) in [5, 5.41) is 10.5. The molecule has 1 fully saturated rings. The maximum absolute atomic E-state index is 12.9. The molecule has 1 aliphatic heterocycles. The first-order valence-corrected chi connectivity index (χ1v) is 11.6. The Morgan fingerprint density at radius 2 is 1.83 bits per heavy atom. The third-order valence-electron chi connectivity index (χ3n) is 6.46. The van der Waals surface area contributed by atoms with Gasteiger partial charge in [0.2, 0.25) is 5.91 Å². The minimum atomic E-state index is -0.914. The first-order chi connectivity index (χ1) is 14.5. The highest BCUT2D eigenvalue weighted by Crippen LogP contribution is 2.49. The summed E-state index contributed by atoms with van der Waals surface area (Å²) >= 11 is 7.53. The summed E-state index contributed by atoms with van der Waals surface area (Å²) in [6, 6.07) is 7.77. The number of carboxylic acid groups (broad SMARTS) is 1. The lowest BCUT2D eigenvalue weighted by Crippen LogP contribution is -2.27. The van der Waals surface area contributed by atoms with E-state index in [1.807, 2.05) is 24.3 Å². The Bertz CT molecular complexity index is 1160. The Balaban J connectivity index is 1.86. The highest BCUT2D eigenvalue weighted by molar-refractivity contribution is 7.21. The highest BCUT2D eigenvalue weighted by atomic mass is 35.5. The molecule has 3 heterocycles. The van der Waals surface area contributed by atoms with Crippen LogP contribution in [0.15, 0.2) is 24.3 Å². The van der Waals surface area contributed by atoms with Crippen LogP contribution in [0, 0.1) is 0 Å². The standard InChI is InChI=1S/C23H23ClN2O3S/c1-25-11-16-20-22(30-21(16)23(28)29)18(13-5-3-2-4-6-13)19(26(20)12-17(25)27)14-7-9-15(24)10-8-14/h7-10,13H,2-6,11-12H2,1H3,(H,28,29). The van der Waals surface area contributed by atoms with Crippen molar-refractivity contribution in [2.45, 2.75) is 51.1 Å². The van der Waals surface area contributed by atoms with E-state index in [9.17, 15) is 14.7 Å². The molecule has 2 aliphatic rings. The number of amides is 1. The van der Waals surface area contributed by atoms with E-state index in [1.165, 1.54) is 36.2 Å². The molecule has 0 bridgehead atoms. The number of carbonyl (C=O) groups excluding carboxylic acids is 1. The SMILES string of the molecule is CN1Cc2c(C(=O)O)sc3c(C4CCCCC4)c(-c4ccc(Cl)cc4)n(c23)CC1=O.